The Morgan fingerprint density at radius 3 is 2.34 bits per heavy atom. The molecule has 0 bridgehead atoms. The molecule has 0 radical (unpaired) electrons. The van der Waals surface area contributed by atoms with Crippen LogP contribution in [0, 0.1) is 5.92 Å². The van der Waals surface area contributed by atoms with Gasteiger partial charge < -0.3 is 19.7 Å². The van der Waals surface area contributed by atoms with Crippen LogP contribution in [0.1, 0.15) is 24.0 Å². The minimum absolute atomic E-state index is 0.0400. The first kappa shape index (κ1) is 20.7. The van der Waals surface area contributed by atoms with Crippen molar-refractivity contribution in [3.05, 3.63) is 59.7 Å². The van der Waals surface area contributed by atoms with Crippen LogP contribution < -0.4 is 14.8 Å². The second-order valence-corrected chi connectivity index (χ2v) is 7.21. The van der Waals surface area contributed by atoms with Crippen LogP contribution in [-0.4, -0.2) is 44.0 Å². The Kier molecular flexibility index (Phi) is 7.11. The van der Waals surface area contributed by atoms with E-state index in [2.05, 4.69) is 5.32 Å². The number of piperidine rings is 1. The third-order valence-corrected chi connectivity index (χ3v) is 5.38. The molecule has 29 heavy (non-hydrogen) atoms. The fourth-order valence-electron chi connectivity index (χ4n) is 3.60. The summed E-state index contributed by atoms with van der Waals surface area (Å²) in [4.78, 5) is 26.9. The number of carbonyl (C=O) groups excluding carboxylic acids is 2. The molecule has 0 atom stereocenters. The molecular weight excluding hydrogens is 368 g/mol. The summed E-state index contributed by atoms with van der Waals surface area (Å²) >= 11 is 0. The fraction of sp³-hybridized carbons (Fsp3) is 0.391. The van der Waals surface area contributed by atoms with E-state index in [-0.39, 0.29) is 17.7 Å². The third kappa shape index (κ3) is 5.50. The molecule has 6 nitrogen and oxygen atoms in total. The van der Waals surface area contributed by atoms with Gasteiger partial charge in [-0.05, 0) is 36.6 Å². The molecule has 0 aliphatic carbocycles. The Morgan fingerprint density at radius 1 is 1.00 bits per heavy atom. The lowest BCUT2D eigenvalue weighted by atomic mass is 9.95. The van der Waals surface area contributed by atoms with Crippen molar-refractivity contribution in [2.24, 2.45) is 5.92 Å². The summed E-state index contributed by atoms with van der Waals surface area (Å²) in [7, 11) is 3.25. The van der Waals surface area contributed by atoms with Crippen LogP contribution in [0.15, 0.2) is 48.5 Å². The number of para-hydroxylation sites is 1. The summed E-state index contributed by atoms with van der Waals surface area (Å²) in [5.74, 6) is 1.63. The van der Waals surface area contributed by atoms with E-state index in [1.54, 1.807) is 14.2 Å². The lowest BCUT2D eigenvalue weighted by Crippen LogP contribution is -2.43. The molecule has 1 saturated heterocycles. The van der Waals surface area contributed by atoms with Crippen molar-refractivity contribution in [3.63, 3.8) is 0 Å². The fourth-order valence-corrected chi connectivity index (χ4v) is 3.60. The summed E-state index contributed by atoms with van der Waals surface area (Å²) in [6.45, 7) is 1.67. The molecule has 0 saturated carbocycles. The first-order valence-corrected chi connectivity index (χ1v) is 9.91. The van der Waals surface area contributed by atoms with Crippen molar-refractivity contribution in [1.29, 1.82) is 0 Å². The number of hydrogen-bond acceptors (Lipinski definition) is 4. The van der Waals surface area contributed by atoms with Gasteiger partial charge >= 0.3 is 0 Å². The maximum absolute atomic E-state index is 12.6. The zero-order chi connectivity index (χ0) is 20.6. The van der Waals surface area contributed by atoms with E-state index in [1.165, 1.54) is 0 Å². The highest BCUT2D eigenvalue weighted by molar-refractivity contribution is 5.81. The lowest BCUT2D eigenvalue weighted by molar-refractivity contribution is -0.135. The van der Waals surface area contributed by atoms with Gasteiger partial charge in [0.1, 0.15) is 11.5 Å². The van der Waals surface area contributed by atoms with E-state index in [0.717, 1.165) is 22.6 Å². The van der Waals surface area contributed by atoms with Crippen LogP contribution in [0.25, 0.3) is 0 Å². The number of rotatable bonds is 7. The second-order valence-electron chi connectivity index (χ2n) is 7.21. The van der Waals surface area contributed by atoms with Crippen molar-refractivity contribution < 1.29 is 19.1 Å². The predicted octanol–water partition coefficient (Wildman–Crippen LogP) is 2.80. The minimum atomic E-state index is -0.0604. The number of nitrogens with zero attached hydrogens (tertiary/aromatic N) is 1. The summed E-state index contributed by atoms with van der Waals surface area (Å²) in [5, 5.41) is 3.00. The molecule has 6 heteroatoms. The highest BCUT2D eigenvalue weighted by Crippen LogP contribution is 2.21. The molecule has 2 aromatic carbocycles. The average molecular weight is 396 g/mol. The van der Waals surface area contributed by atoms with E-state index in [9.17, 15) is 9.59 Å². The van der Waals surface area contributed by atoms with Crippen molar-refractivity contribution >= 4 is 11.8 Å². The first-order chi connectivity index (χ1) is 14.1. The van der Waals surface area contributed by atoms with Crippen molar-refractivity contribution in [3.8, 4) is 11.5 Å². The Hall–Kier alpha value is -3.02. The number of carbonyl (C=O) groups is 2. The molecule has 1 aliphatic rings. The number of nitrogens with one attached hydrogen (secondary N) is 1. The zero-order valence-corrected chi connectivity index (χ0v) is 17.0. The normalized spacial score (nSPS) is 14.3. The lowest BCUT2D eigenvalue weighted by Gasteiger charge is -2.31. The Morgan fingerprint density at radius 2 is 1.69 bits per heavy atom. The van der Waals surface area contributed by atoms with Gasteiger partial charge in [0.25, 0.3) is 0 Å². The molecule has 0 spiro atoms. The monoisotopic (exact) mass is 396 g/mol. The second kappa shape index (κ2) is 9.96. The molecule has 1 N–H and O–H groups in total. The maximum Gasteiger partial charge on any atom is 0.226 e. The Balaban J connectivity index is 1.45. The molecular formula is C23H28N2O4. The van der Waals surface area contributed by atoms with Crippen LogP contribution in [0.3, 0.4) is 0 Å². The van der Waals surface area contributed by atoms with Gasteiger partial charge in [-0.15, -0.1) is 0 Å². The standard InChI is InChI=1S/C23H28N2O4/c1-28-20-9-7-17(8-10-20)15-22(26)25-13-11-18(12-14-25)23(27)24-16-19-5-3-4-6-21(19)29-2/h3-10,18H,11-16H2,1-2H3,(H,24,27). The first-order valence-electron chi connectivity index (χ1n) is 9.91. The Bertz CT molecular complexity index is 827. The van der Waals surface area contributed by atoms with Gasteiger partial charge in [0.05, 0.1) is 20.6 Å². The van der Waals surface area contributed by atoms with Crippen molar-refractivity contribution in [2.75, 3.05) is 27.3 Å². The van der Waals surface area contributed by atoms with Crippen molar-refractivity contribution in [1.82, 2.24) is 10.2 Å². The summed E-state index contributed by atoms with van der Waals surface area (Å²) in [5.41, 5.74) is 1.92. The highest BCUT2D eigenvalue weighted by Gasteiger charge is 2.27. The van der Waals surface area contributed by atoms with Crippen LogP contribution in [0.2, 0.25) is 0 Å². The molecule has 2 aromatic rings. The van der Waals surface area contributed by atoms with E-state index in [0.29, 0.717) is 38.9 Å². The highest BCUT2D eigenvalue weighted by atomic mass is 16.5. The van der Waals surface area contributed by atoms with Gasteiger partial charge in [-0.1, -0.05) is 30.3 Å². The smallest absolute Gasteiger partial charge is 0.226 e. The van der Waals surface area contributed by atoms with Gasteiger partial charge in [0.2, 0.25) is 11.8 Å². The molecule has 1 heterocycles. The molecule has 154 valence electrons. The molecule has 0 unspecified atom stereocenters. The number of ether oxygens (including phenoxy) is 2. The predicted molar refractivity (Wildman–Crippen MR) is 111 cm³/mol. The van der Waals surface area contributed by atoms with Gasteiger partial charge in [0.15, 0.2) is 0 Å². The number of methoxy groups -OCH3 is 2. The Labute approximate surface area is 171 Å². The third-order valence-electron chi connectivity index (χ3n) is 5.38. The molecule has 0 aromatic heterocycles. The van der Waals surface area contributed by atoms with E-state index < -0.39 is 0 Å². The average Bonchev–Trinajstić information content (AvgIpc) is 2.78. The summed E-state index contributed by atoms with van der Waals surface area (Å²) < 4.78 is 10.5. The van der Waals surface area contributed by atoms with Gasteiger partial charge in [0, 0.05) is 31.1 Å². The SMILES string of the molecule is COc1ccc(CC(=O)N2CCC(C(=O)NCc3ccccc3OC)CC2)cc1. The van der Waals surface area contributed by atoms with Crippen LogP contribution >= 0.6 is 0 Å². The topological polar surface area (TPSA) is 67.9 Å². The van der Waals surface area contributed by atoms with E-state index in [1.807, 2.05) is 53.4 Å². The van der Waals surface area contributed by atoms with Gasteiger partial charge in [-0.25, -0.2) is 0 Å². The van der Waals surface area contributed by atoms with E-state index >= 15 is 0 Å². The van der Waals surface area contributed by atoms with Crippen LogP contribution in [0.4, 0.5) is 0 Å². The van der Waals surface area contributed by atoms with Gasteiger partial charge in [-0.2, -0.15) is 0 Å². The zero-order valence-electron chi connectivity index (χ0n) is 17.0. The summed E-state index contributed by atoms with van der Waals surface area (Å²) in [6, 6.07) is 15.2. The number of amides is 2. The van der Waals surface area contributed by atoms with Crippen molar-refractivity contribution in [2.45, 2.75) is 25.8 Å². The number of benzene rings is 2. The largest absolute Gasteiger partial charge is 0.497 e. The number of likely N-dealkylation sites (tertiary alicyclic amines) is 1. The van der Waals surface area contributed by atoms with Crippen LogP contribution in [-0.2, 0) is 22.6 Å². The van der Waals surface area contributed by atoms with Crippen LogP contribution in [0.5, 0.6) is 11.5 Å². The van der Waals surface area contributed by atoms with Gasteiger partial charge in [-0.3, -0.25) is 9.59 Å². The van der Waals surface area contributed by atoms with E-state index in [4.69, 9.17) is 9.47 Å². The molecule has 2 amide bonds. The number of hydrogen-bond donors (Lipinski definition) is 1. The molecule has 1 fully saturated rings. The summed E-state index contributed by atoms with van der Waals surface area (Å²) in [6.07, 6.45) is 1.74. The molecule has 1 aliphatic heterocycles. The minimum Gasteiger partial charge on any atom is -0.497 e. The maximum atomic E-state index is 12.6. The quantitative estimate of drug-likeness (QED) is 0.782. The molecule has 3 rings (SSSR count).